The Kier molecular flexibility index (Phi) is 4.61. The second-order valence-electron chi connectivity index (χ2n) is 6.72. The number of aryl methyl sites for hydroxylation is 3. The summed E-state index contributed by atoms with van der Waals surface area (Å²) in [5.74, 6) is 0. The van der Waals surface area contributed by atoms with E-state index in [2.05, 4.69) is 35.1 Å². The SMILES string of the molecule is Cc1nc2c(s1)C(=Cc1cccc(NS(C)(=O)=O)c1)c1ccccc1CC2. The number of nitrogens with one attached hydrogen (secondary N) is 1. The number of rotatable bonds is 3. The number of hydrogen-bond acceptors (Lipinski definition) is 4. The van der Waals surface area contributed by atoms with E-state index >= 15 is 0 Å². The molecule has 0 saturated heterocycles. The van der Waals surface area contributed by atoms with E-state index in [4.69, 9.17) is 4.98 Å². The van der Waals surface area contributed by atoms with Gasteiger partial charge in [-0.05, 0) is 54.7 Å². The number of benzene rings is 2. The molecule has 0 unspecified atom stereocenters. The van der Waals surface area contributed by atoms with Crippen LogP contribution < -0.4 is 4.72 Å². The van der Waals surface area contributed by atoms with Gasteiger partial charge in [-0.1, -0.05) is 36.4 Å². The van der Waals surface area contributed by atoms with Crippen molar-refractivity contribution in [2.45, 2.75) is 19.8 Å². The van der Waals surface area contributed by atoms with Crippen LogP contribution in [-0.4, -0.2) is 19.7 Å². The quantitative estimate of drug-likeness (QED) is 0.709. The molecule has 6 heteroatoms. The summed E-state index contributed by atoms with van der Waals surface area (Å²) in [7, 11) is -3.31. The van der Waals surface area contributed by atoms with Gasteiger partial charge in [-0.3, -0.25) is 4.72 Å². The molecule has 27 heavy (non-hydrogen) atoms. The molecule has 0 saturated carbocycles. The zero-order valence-electron chi connectivity index (χ0n) is 15.2. The van der Waals surface area contributed by atoms with Gasteiger partial charge >= 0.3 is 0 Å². The minimum atomic E-state index is -3.31. The van der Waals surface area contributed by atoms with E-state index in [9.17, 15) is 8.42 Å². The van der Waals surface area contributed by atoms with Crippen molar-refractivity contribution in [2.75, 3.05) is 11.0 Å². The first-order valence-electron chi connectivity index (χ1n) is 8.73. The standard InChI is InChI=1S/C21H20N2O2S2/c1-14-22-20-11-10-16-7-3-4-9-18(16)19(21(20)26-14)13-15-6-5-8-17(12-15)23-27(2,24)25/h3-9,12-13,23H,10-11H2,1-2H3. The molecule has 4 rings (SSSR count). The molecule has 1 aromatic heterocycles. The topological polar surface area (TPSA) is 59.1 Å². The van der Waals surface area contributed by atoms with Crippen molar-refractivity contribution >= 4 is 38.7 Å². The predicted molar refractivity (Wildman–Crippen MR) is 113 cm³/mol. The minimum Gasteiger partial charge on any atom is -0.284 e. The highest BCUT2D eigenvalue weighted by molar-refractivity contribution is 7.92. The van der Waals surface area contributed by atoms with Gasteiger partial charge in [0.05, 0.1) is 21.8 Å². The number of anilines is 1. The Labute approximate surface area is 163 Å². The van der Waals surface area contributed by atoms with Crippen molar-refractivity contribution in [3.63, 3.8) is 0 Å². The molecule has 1 aliphatic rings. The first kappa shape index (κ1) is 17.9. The van der Waals surface area contributed by atoms with E-state index in [0.29, 0.717) is 5.69 Å². The highest BCUT2D eigenvalue weighted by Gasteiger charge is 2.21. The molecule has 138 valence electrons. The highest BCUT2D eigenvalue weighted by Crippen LogP contribution is 2.38. The maximum atomic E-state index is 11.5. The average Bonchev–Trinajstić information content (AvgIpc) is 2.91. The van der Waals surface area contributed by atoms with Gasteiger partial charge < -0.3 is 0 Å². The molecular formula is C21H20N2O2S2. The van der Waals surface area contributed by atoms with Crippen LogP contribution in [0.5, 0.6) is 0 Å². The summed E-state index contributed by atoms with van der Waals surface area (Å²) in [5, 5.41) is 1.07. The van der Waals surface area contributed by atoms with Crippen LogP contribution in [0.2, 0.25) is 0 Å². The number of sulfonamides is 1. The molecule has 2 aromatic carbocycles. The van der Waals surface area contributed by atoms with E-state index < -0.39 is 10.0 Å². The van der Waals surface area contributed by atoms with Crippen LogP contribution in [0.15, 0.2) is 48.5 Å². The molecule has 0 bridgehead atoms. The Morgan fingerprint density at radius 3 is 2.74 bits per heavy atom. The van der Waals surface area contributed by atoms with Crippen molar-refractivity contribution in [3.05, 3.63) is 80.8 Å². The number of thiazole rings is 1. The van der Waals surface area contributed by atoms with Crippen molar-refractivity contribution in [1.82, 2.24) is 4.98 Å². The molecule has 0 atom stereocenters. The molecule has 0 amide bonds. The molecule has 0 fully saturated rings. The molecule has 1 aliphatic carbocycles. The summed E-state index contributed by atoms with van der Waals surface area (Å²) in [5.41, 5.74) is 6.35. The van der Waals surface area contributed by atoms with Crippen molar-refractivity contribution in [2.24, 2.45) is 0 Å². The van der Waals surface area contributed by atoms with Crippen LogP contribution in [0.25, 0.3) is 11.6 Å². The lowest BCUT2D eigenvalue weighted by atomic mass is 9.97. The lowest BCUT2D eigenvalue weighted by Gasteiger charge is -2.10. The second kappa shape index (κ2) is 6.94. The third-order valence-electron chi connectivity index (χ3n) is 4.49. The van der Waals surface area contributed by atoms with Gasteiger partial charge in [-0.15, -0.1) is 11.3 Å². The molecule has 1 heterocycles. The summed E-state index contributed by atoms with van der Waals surface area (Å²) in [6.07, 6.45) is 5.20. The number of aromatic nitrogens is 1. The van der Waals surface area contributed by atoms with Gasteiger partial charge in [0.15, 0.2) is 0 Å². The summed E-state index contributed by atoms with van der Waals surface area (Å²) < 4.78 is 25.6. The molecule has 0 spiro atoms. The number of nitrogens with zero attached hydrogens (tertiary/aromatic N) is 1. The molecule has 3 aromatic rings. The Bertz CT molecular complexity index is 1140. The van der Waals surface area contributed by atoms with Crippen LogP contribution in [-0.2, 0) is 22.9 Å². The van der Waals surface area contributed by atoms with Gasteiger partial charge in [0.25, 0.3) is 0 Å². The van der Waals surface area contributed by atoms with Crippen molar-refractivity contribution in [3.8, 4) is 0 Å². The van der Waals surface area contributed by atoms with Gasteiger partial charge in [0, 0.05) is 11.3 Å². The van der Waals surface area contributed by atoms with Crippen LogP contribution in [0.3, 0.4) is 0 Å². The summed E-state index contributed by atoms with van der Waals surface area (Å²) in [6.45, 7) is 2.04. The largest absolute Gasteiger partial charge is 0.284 e. The first-order valence-corrected chi connectivity index (χ1v) is 11.4. The Morgan fingerprint density at radius 2 is 1.93 bits per heavy atom. The average molecular weight is 397 g/mol. The Hall–Kier alpha value is -2.44. The zero-order chi connectivity index (χ0) is 19.0. The first-order chi connectivity index (χ1) is 12.9. The smallest absolute Gasteiger partial charge is 0.229 e. The number of fused-ring (bicyclic) bond motifs is 2. The van der Waals surface area contributed by atoms with E-state index in [-0.39, 0.29) is 0 Å². The third kappa shape index (κ3) is 3.96. The third-order valence-corrected chi connectivity index (χ3v) is 6.14. The fraction of sp³-hybridized carbons (Fsp3) is 0.190. The van der Waals surface area contributed by atoms with E-state index in [1.165, 1.54) is 16.0 Å². The normalized spacial score (nSPS) is 15.1. The van der Waals surface area contributed by atoms with Crippen LogP contribution in [0.4, 0.5) is 5.69 Å². The number of hydrogen-bond donors (Lipinski definition) is 1. The summed E-state index contributed by atoms with van der Waals surface area (Å²) in [6, 6.07) is 15.9. The van der Waals surface area contributed by atoms with Gasteiger partial charge in [-0.25, -0.2) is 13.4 Å². The highest BCUT2D eigenvalue weighted by atomic mass is 32.2. The lowest BCUT2D eigenvalue weighted by Crippen LogP contribution is -2.09. The Balaban J connectivity index is 1.86. The molecule has 0 radical (unpaired) electrons. The predicted octanol–water partition coefficient (Wildman–Crippen LogP) is 4.51. The molecular weight excluding hydrogens is 376 g/mol. The van der Waals surface area contributed by atoms with E-state index in [1.54, 1.807) is 17.4 Å². The van der Waals surface area contributed by atoms with Gasteiger partial charge in [0.2, 0.25) is 10.0 Å². The van der Waals surface area contributed by atoms with E-state index in [1.807, 2.05) is 25.1 Å². The minimum absolute atomic E-state index is 0.564. The van der Waals surface area contributed by atoms with Crippen molar-refractivity contribution < 1.29 is 8.42 Å². The maximum absolute atomic E-state index is 11.5. The fourth-order valence-electron chi connectivity index (χ4n) is 3.44. The monoisotopic (exact) mass is 396 g/mol. The van der Waals surface area contributed by atoms with Crippen LogP contribution in [0, 0.1) is 6.92 Å². The maximum Gasteiger partial charge on any atom is 0.229 e. The summed E-state index contributed by atoms with van der Waals surface area (Å²) >= 11 is 1.72. The van der Waals surface area contributed by atoms with Gasteiger partial charge in [0.1, 0.15) is 0 Å². The van der Waals surface area contributed by atoms with Crippen molar-refractivity contribution in [1.29, 1.82) is 0 Å². The lowest BCUT2D eigenvalue weighted by molar-refractivity contribution is 0.607. The fourth-order valence-corrected chi connectivity index (χ4v) is 4.99. The molecule has 4 nitrogen and oxygen atoms in total. The zero-order valence-corrected chi connectivity index (χ0v) is 16.8. The van der Waals surface area contributed by atoms with Gasteiger partial charge in [-0.2, -0.15) is 0 Å². The summed E-state index contributed by atoms with van der Waals surface area (Å²) in [4.78, 5) is 5.95. The molecule has 1 N–H and O–H groups in total. The van der Waals surface area contributed by atoms with Crippen LogP contribution >= 0.6 is 11.3 Å². The second-order valence-corrected chi connectivity index (χ2v) is 9.68. The Morgan fingerprint density at radius 1 is 1.11 bits per heavy atom. The van der Waals surface area contributed by atoms with E-state index in [0.717, 1.165) is 40.9 Å². The molecule has 0 aliphatic heterocycles. The van der Waals surface area contributed by atoms with Crippen LogP contribution in [0.1, 0.15) is 32.3 Å².